The van der Waals surface area contributed by atoms with E-state index in [1.54, 1.807) is 0 Å². The molecule has 4 rings (SSSR count). The number of carbonyl (C=O) groups is 3. The minimum absolute atomic E-state index is 0.308. The zero-order valence-corrected chi connectivity index (χ0v) is 17.8. The Morgan fingerprint density at radius 2 is 1.49 bits per heavy atom. The van der Waals surface area contributed by atoms with Gasteiger partial charge in [0.1, 0.15) is 47.6 Å². The first-order chi connectivity index (χ1) is 16.3. The van der Waals surface area contributed by atoms with Gasteiger partial charge in [0.2, 0.25) is 0 Å². The maximum absolute atomic E-state index is 13.4. The van der Waals surface area contributed by atoms with Gasteiger partial charge in [0.25, 0.3) is 0 Å². The van der Waals surface area contributed by atoms with Crippen LogP contribution in [0.1, 0.15) is 59.4 Å². The molecule has 1 fully saturated rings. The molecular weight excluding hydrogens is 472 g/mol. The van der Waals surface area contributed by atoms with Crippen LogP contribution >= 0.6 is 0 Å². The number of hydrogen-bond acceptors (Lipinski definition) is 12. The standard InChI is InChI=1S/C22H20O13/c1-4-8-5(2-6(24)9(4)22(33)34)13(25)10-11(15(8)27)16(28)12(18(30)17(10)29)21-20(32)19(31)14(26)7(3-23)35-21/h2,7,14,19-21,23-24,26,28-32H,3H2,1H3,(H,33,34)/t7-,14-,19+,20-,21-/m1/s1. The molecule has 2 aromatic carbocycles. The van der Waals surface area contributed by atoms with Crippen LogP contribution in [0.2, 0.25) is 0 Å². The number of fused-ring (bicyclic) bond motifs is 2. The van der Waals surface area contributed by atoms with E-state index in [0.29, 0.717) is 6.07 Å². The molecule has 0 saturated carbocycles. The SMILES string of the molecule is Cc1c(C(=O)O)c(O)cc2c1C(=O)c1c(O)c([C@H]3O[C@H](CO)[C@@H](O)[C@H](O)[C@H]3O)c(O)c(O)c1C2=O. The summed E-state index contributed by atoms with van der Waals surface area (Å²) in [7, 11) is 0. The highest BCUT2D eigenvalue weighted by atomic mass is 16.5. The highest BCUT2D eigenvalue weighted by molar-refractivity contribution is 6.31. The fourth-order valence-corrected chi connectivity index (χ4v) is 4.58. The smallest absolute Gasteiger partial charge is 0.339 e. The summed E-state index contributed by atoms with van der Waals surface area (Å²) in [5.74, 6) is -8.24. The number of aromatic hydroxyl groups is 4. The first-order valence-corrected chi connectivity index (χ1v) is 10.2. The van der Waals surface area contributed by atoms with E-state index < -0.39 is 111 Å². The van der Waals surface area contributed by atoms with Gasteiger partial charge in [0.05, 0.1) is 23.3 Å². The van der Waals surface area contributed by atoms with Crippen molar-refractivity contribution in [3.63, 3.8) is 0 Å². The minimum atomic E-state index is -2.03. The number of carboxylic acids is 1. The molecule has 1 aliphatic heterocycles. The molecule has 0 bridgehead atoms. The highest BCUT2D eigenvalue weighted by Gasteiger charge is 2.48. The number of aliphatic hydroxyl groups is 4. The number of aromatic carboxylic acids is 1. The molecule has 0 spiro atoms. The fourth-order valence-electron chi connectivity index (χ4n) is 4.58. The van der Waals surface area contributed by atoms with Gasteiger partial charge in [-0.25, -0.2) is 4.79 Å². The fraction of sp³-hybridized carbons (Fsp3) is 0.318. The van der Waals surface area contributed by atoms with Gasteiger partial charge < -0.3 is 50.7 Å². The molecule has 2 aliphatic rings. The lowest BCUT2D eigenvalue weighted by Crippen LogP contribution is -2.55. The van der Waals surface area contributed by atoms with E-state index in [9.17, 15) is 60.3 Å². The summed E-state index contributed by atoms with van der Waals surface area (Å²) in [6.45, 7) is 0.291. The van der Waals surface area contributed by atoms with Crippen LogP contribution in [-0.4, -0.2) is 94.5 Å². The molecule has 2 aromatic rings. The maximum atomic E-state index is 13.4. The third-order valence-electron chi connectivity index (χ3n) is 6.33. The molecule has 0 radical (unpaired) electrons. The van der Waals surface area contributed by atoms with Gasteiger partial charge in [0.15, 0.2) is 23.1 Å². The van der Waals surface area contributed by atoms with Crippen molar-refractivity contribution >= 4 is 17.5 Å². The van der Waals surface area contributed by atoms with Crippen LogP contribution < -0.4 is 0 Å². The van der Waals surface area contributed by atoms with Crippen LogP contribution in [0.15, 0.2) is 6.07 Å². The summed E-state index contributed by atoms with van der Waals surface area (Å²) in [6.07, 6.45) is -9.12. The van der Waals surface area contributed by atoms with E-state index >= 15 is 0 Å². The van der Waals surface area contributed by atoms with Crippen LogP contribution in [0.25, 0.3) is 0 Å². The number of aliphatic hydroxyl groups excluding tert-OH is 4. The Balaban J connectivity index is 1.99. The van der Waals surface area contributed by atoms with Crippen LogP contribution in [0, 0.1) is 6.92 Å². The average Bonchev–Trinajstić information content (AvgIpc) is 2.79. The van der Waals surface area contributed by atoms with Crippen molar-refractivity contribution < 1.29 is 65.1 Å². The molecule has 13 heteroatoms. The van der Waals surface area contributed by atoms with Crippen molar-refractivity contribution in [1.29, 1.82) is 0 Å². The van der Waals surface area contributed by atoms with Crippen LogP contribution in [-0.2, 0) is 4.74 Å². The van der Waals surface area contributed by atoms with Crippen molar-refractivity contribution in [3.05, 3.63) is 45.0 Å². The summed E-state index contributed by atoms with van der Waals surface area (Å²) < 4.78 is 5.30. The van der Waals surface area contributed by atoms with Crippen molar-refractivity contribution in [3.8, 4) is 23.0 Å². The monoisotopic (exact) mass is 492 g/mol. The lowest BCUT2D eigenvalue weighted by molar-refractivity contribution is -0.232. The van der Waals surface area contributed by atoms with E-state index in [4.69, 9.17) is 4.74 Å². The van der Waals surface area contributed by atoms with Crippen molar-refractivity contribution in [2.24, 2.45) is 0 Å². The molecule has 1 saturated heterocycles. The van der Waals surface area contributed by atoms with Gasteiger partial charge in [-0.1, -0.05) is 0 Å². The number of carbonyl (C=O) groups excluding carboxylic acids is 2. The van der Waals surface area contributed by atoms with Gasteiger partial charge in [-0.3, -0.25) is 9.59 Å². The van der Waals surface area contributed by atoms with Gasteiger partial charge in [0, 0.05) is 11.1 Å². The largest absolute Gasteiger partial charge is 0.507 e. The Morgan fingerprint density at radius 1 is 0.886 bits per heavy atom. The number of ketones is 2. The Hall–Kier alpha value is -3.75. The van der Waals surface area contributed by atoms with E-state index in [2.05, 4.69) is 0 Å². The molecule has 0 unspecified atom stereocenters. The number of rotatable bonds is 3. The van der Waals surface area contributed by atoms with E-state index in [1.165, 1.54) is 0 Å². The lowest BCUT2D eigenvalue weighted by Gasteiger charge is -2.40. The number of carboxylic acid groups (broad SMARTS) is 1. The molecular formula is C22H20O13. The second-order valence-corrected chi connectivity index (χ2v) is 8.24. The summed E-state index contributed by atoms with van der Waals surface area (Å²) in [4.78, 5) is 38.1. The number of phenolic OH excluding ortho intramolecular Hbond substituents is 3. The molecule has 1 heterocycles. The molecule has 0 aromatic heterocycles. The summed E-state index contributed by atoms with van der Waals surface area (Å²) in [5.41, 5.74) is -4.49. The third kappa shape index (κ3) is 3.25. The summed E-state index contributed by atoms with van der Waals surface area (Å²) in [5, 5.41) is 91.5. The number of hydrogen-bond donors (Lipinski definition) is 9. The molecule has 5 atom stereocenters. The Kier molecular flexibility index (Phi) is 5.70. The number of phenols is 4. The van der Waals surface area contributed by atoms with Gasteiger partial charge in [-0.2, -0.15) is 0 Å². The van der Waals surface area contributed by atoms with Gasteiger partial charge in [-0.05, 0) is 18.6 Å². The van der Waals surface area contributed by atoms with Crippen LogP contribution in [0.5, 0.6) is 23.0 Å². The lowest BCUT2D eigenvalue weighted by atomic mass is 9.77. The minimum Gasteiger partial charge on any atom is -0.507 e. The van der Waals surface area contributed by atoms with Gasteiger partial charge in [-0.15, -0.1) is 0 Å². The Labute approximate surface area is 195 Å². The average molecular weight is 492 g/mol. The molecule has 1 aliphatic carbocycles. The maximum Gasteiger partial charge on any atom is 0.339 e. The first-order valence-electron chi connectivity index (χ1n) is 10.2. The second kappa shape index (κ2) is 8.18. The third-order valence-corrected chi connectivity index (χ3v) is 6.33. The van der Waals surface area contributed by atoms with Crippen LogP contribution in [0.4, 0.5) is 0 Å². The second-order valence-electron chi connectivity index (χ2n) is 8.24. The number of benzene rings is 2. The Bertz CT molecular complexity index is 1300. The zero-order chi connectivity index (χ0) is 26.1. The zero-order valence-electron chi connectivity index (χ0n) is 17.8. The first kappa shape index (κ1) is 24.4. The normalized spacial score (nSPS) is 25.8. The predicted molar refractivity (Wildman–Crippen MR) is 111 cm³/mol. The molecule has 35 heavy (non-hydrogen) atoms. The molecule has 13 nitrogen and oxygen atoms in total. The summed E-state index contributed by atoms with van der Waals surface area (Å²) in [6, 6.07) is 0.716. The summed E-state index contributed by atoms with van der Waals surface area (Å²) >= 11 is 0. The molecule has 9 N–H and O–H groups in total. The van der Waals surface area contributed by atoms with Crippen molar-refractivity contribution in [2.45, 2.75) is 37.4 Å². The Morgan fingerprint density at radius 3 is 2.06 bits per heavy atom. The quantitative estimate of drug-likeness (QED) is 0.154. The van der Waals surface area contributed by atoms with Gasteiger partial charge >= 0.3 is 5.97 Å². The van der Waals surface area contributed by atoms with E-state index in [-0.39, 0.29) is 5.56 Å². The van der Waals surface area contributed by atoms with E-state index in [1.807, 2.05) is 0 Å². The topological polar surface area (TPSA) is 243 Å². The van der Waals surface area contributed by atoms with Crippen molar-refractivity contribution in [2.75, 3.05) is 6.61 Å². The molecule has 186 valence electrons. The predicted octanol–water partition coefficient (Wildman–Crippen LogP) is -1.19. The molecule has 0 amide bonds. The van der Waals surface area contributed by atoms with Crippen molar-refractivity contribution in [1.82, 2.24) is 0 Å². The van der Waals surface area contributed by atoms with Crippen LogP contribution in [0.3, 0.4) is 0 Å². The highest BCUT2D eigenvalue weighted by Crippen LogP contribution is 2.52. The van der Waals surface area contributed by atoms with E-state index in [0.717, 1.165) is 6.92 Å². The number of ether oxygens (including phenoxy) is 1.